The molecule has 0 aliphatic carbocycles. The van der Waals surface area contributed by atoms with Gasteiger partial charge in [0.15, 0.2) is 22.6 Å². The zero-order chi connectivity index (χ0) is 14.2. The minimum atomic E-state index is -1.47. The van der Waals surface area contributed by atoms with Crippen molar-refractivity contribution in [2.45, 2.75) is 18.4 Å². The molecule has 20 heavy (non-hydrogen) atoms. The number of rotatable bonds is 1. The van der Waals surface area contributed by atoms with E-state index >= 15 is 0 Å². The smallest absolute Gasteiger partial charge is 0.196 e. The van der Waals surface area contributed by atoms with Crippen molar-refractivity contribution in [2.75, 3.05) is 24.3 Å². The van der Waals surface area contributed by atoms with E-state index in [1.54, 1.807) is 0 Å². The molecule has 1 N–H and O–H groups in total. The third-order valence-corrected chi connectivity index (χ3v) is 4.67. The van der Waals surface area contributed by atoms with Crippen molar-refractivity contribution in [1.82, 2.24) is 0 Å². The first-order chi connectivity index (χ1) is 9.60. The highest BCUT2D eigenvalue weighted by Crippen LogP contribution is 2.36. The number of aliphatic imine (C=N–C) groups is 1. The minimum absolute atomic E-state index is 0.0979. The molecule has 1 saturated heterocycles. The highest BCUT2D eigenvalue weighted by molar-refractivity contribution is 8.14. The molecule has 0 aromatic heterocycles. The summed E-state index contributed by atoms with van der Waals surface area (Å²) >= 11 is 1.46. The van der Waals surface area contributed by atoms with Crippen LogP contribution < -0.4 is 5.32 Å². The van der Waals surface area contributed by atoms with Crippen LogP contribution >= 0.6 is 11.8 Å². The van der Waals surface area contributed by atoms with Gasteiger partial charge in [-0.25, -0.2) is 13.2 Å². The van der Waals surface area contributed by atoms with Crippen LogP contribution in [-0.4, -0.2) is 29.7 Å². The van der Waals surface area contributed by atoms with Gasteiger partial charge in [-0.3, -0.25) is 4.99 Å². The number of thioether (sulfide) groups is 1. The highest BCUT2D eigenvalue weighted by atomic mass is 32.2. The maximum Gasteiger partial charge on any atom is 0.196 e. The molecular formula is C13H13F3N2OS. The molecule has 2 aliphatic rings. The first-order valence-electron chi connectivity index (χ1n) is 6.31. The fourth-order valence-corrected chi connectivity index (χ4v) is 3.49. The van der Waals surface area contributed by atoms with Crippen LogP contribution in [0.3, 0.4) is 0 Å². The predicted molar refractivity (Wildman–Crippen MR) is 72.6 cm³/mol. The summed E-state index contributed by atoms with van der Waals surface area (Å²) in [5.41, 5.74) is -0.264. The molecule has 0 atom stereocenters. The predicted octanol–water partition coefficient (Wildman–Crippen LogP) is 3.17. The van der Waals surface area contributed by atoms with Gasteiger partial charge in [0, 0.05) is 19.0 Å². The molecule has 7 heteroatoms. The average molecular weight is 302 g/mol. The van der Waals surface area contributed by atoms with Crippen molar-refractivity contribution in [1.29, 1.82) is 0 Å². The van der Waals surface area contributed by atoms with Crippen molar-refractivity contribution < 1.29 is 17.9 Å². The zero-order valence-electron chi connectivity index (χ0n) is 10.6. The Morgan fingerprint density at radius 2 is 1.90 bits per heavy atom. The Morgan fingerprint density at radius 3 is 2.65 bits per heavy atom. The lowest BCUT2D eigenvalue weighted by atomic mass is 9.93. The third kappa shape index (κ3) is 2.52. The number of anilines is 1. The van der Waals surface area contributed by atoms with Crippen molar-refractivity contribution in [2.24, 2.45) is 4.99 Å². The van der Waals surface area contributed by atoms with Gasteiger partial charge in [-0.2, -0.15) is 0 Å². The second-order valence-electron chi connectivity index (χ2n) is 4.89. The number of ether oxygens (including phenoxy) is 1. The van der Waals surface area contributed by atoms with E-state index in [4.69, 9.17) is 4.74 Å². The monoisotopic (exact) mass is 302 g/mol. The fourth-order valence-electron chi connectivity index (χ4n) is 2.29. The van der Waals surface area contributed by atoms with Crippen molar-refractivity contribution in [3.8, 4) is 0 Å². The molecule has 0 radical (unpaired) electrons. The number of hydrogen-bond donors (Lipinski definition) is 1. The zero-order valence-corrected chi connectivity index (χ0v) is 11.4. The maximum absolute atomic E-state index is 13.6. The van der Waals surface area contributed by atoms with Gasteiger partial charge in [-0.05, 0) is 25.0 Å². The summed E-state index contributed by atoms with van der Waals surface area (Å²) in [6.45, 7) is 1.33. The third-order valence-electron chi connectivity index (χ3n) is 3.52. The van der Waals surface area contributed by atoms with Crippen LogP contribution in [0, 0.1) is 17.5 Å². The first-order valence-corrected chi connectivity index (χ1v) is 7.29. The number of amidine groups is 1. The number of nitrogens with zero attached hydrogens (tertiary/aromatic N) is 1. The Balaban J connectivity index is 1.79. The quantitative estimate of drug-likeness (QED) is 0.809. The topological polar surface area (TPSA) is 33.6 Å². The summed E-state index contributed by atoms with van der Waals surface area (Å²) in [7, 11) is 0. The number of halogens is 3. The fraction of sp³-hybridized carbons (Fsp3) is 0.462. The van der Waals surface area contributed by atoms with Crippen molar-refractivity contribution in [3.63, 3.8) is 0 Å². The molecule has 2 heterocycles. The highest BCUT2D eigenvalue weighted by Gasteiger charge is 2.37. The Labute approximate surface area is 118 Å². The Kier molecular flexibility index (Phi) is 3.64. The lowest BCUT2D eigenvalue weighted by Crippen LogP contribution is -2.34. The van der Waals surface area contributed by atoms with Gasteiger partial charge in [0.05, 0.1) is 11.2 Å². The van der Waals surface area contributed by atoms with Crippen LogP contribution in [0.15, 0.2) is 17.1 Å². The Hall–Kier alpha value is -1.21. The molecule has 0 saturated carbocycles. The van der Waals surface area contributed by atoms with Gasteiger partial charge in [-0.1, -0.05) is 11.8 Å². The normalized spacial score (nSPS) is 21.1. The molecule has 1 spiro atoms. The molecule has 3 rings (SSSR count). The van der Waals surface area contributed by atoms with E-state index in [1.165, 1.54) is 17.8 Å². The largest absolute Gasteiger partial charge is 0.381 e. The summed E-state index contributed by atoms with van der Waals surface area (Å²) in [5.74, 6) is -3.10. The lowest BCUT2D eigenvalue weighted by molar-refractivity contribution is 0.0624. The summed E-state index contributed by atoms with van der Waals surface area (Å²) in [5, 5.41) is 3.28. The number of hydrogen-bond acceptors (Lipinski definition) is 4. The van der Waals surface area contributed by atoms with E-state index in [2.05, 4.69) is 10.3 Å². The molecule has 1 aromatic rings. The van der Waals surface area contributed by atoms with Gasteiger partial charge in [0.2, 0.25) is 0 Å². The standard InChI is InChI=1S/C13H13F3N2OS/c14-8-1-2-9(11(16)10(8)15)17-12-18-13(7-20-12)3-5-19-6-4-13/h1-2H,3-7H2,(H,17,18). The van der Waals surface area contributed by atoms with Gasteiger partial charge in [0.1, 0.15) is 0 Å². The van der Waals surface area contributed by atoms with E-state index in [0.717, 1.165) is 24.7 Å². The van der Waals surface area contributed by atoms with E-state index in [0.29, 0.717) is 18.4 Å². The van der Waals surface area contributed by atoms with Crippen LogP contribution in [0.25, 0.3) is 0 Å². The molecule has 0 amide bonds. The van der Waals surface area contributed by atoms with Crippen LogP contribution in [0.1, 0.15) is 12.8 Å². The summed E-state index contributed by atoms with van der Waals surface area (Å²) in [4.78, 5) is 4.57. The lowest BCUT2D eigenvalue weighted by Gasteiger charge is -2.29. The van der Waals surface area contributed by atoms with Gasteiger partial charge in [-0.15, -0.1) is 0 Å². The molecule has 0 unspecified atom stereocenters. The maximum atomic E-state index is 13.6. The molecule has 1 fully saturated rings. The first kappa shape index (κ1) is 13.8. The van der Waals surface area contributed by atoms with Gasteiger partial charge in [0.25, 0.3) is 0 Å². The van der Waals surface area contributed by atoms with E-state index in [9.17, 15) is 13.2 Å². The molecular weight excluding hydrogens is 289 g/mol. The van der Waals surface area contributed by atoms with Crippen LogP contribution in [0.2, 0.25) is 0 Å². The van der Waals surface area contributed by atoms with Crippen molar-refractivity contribution >= 4 is 22.6 Å². The van der Waals surface area contributed by atoms with Crippen LogP contribution in [0.4, 0.5) is 18.9 Å². The average Bonchev–Trinajstić information content (AvgIpc) is 2.83. The molecule has 1 aromatic carbocycles. The van der Waals surface area contributed by atoms with Crippen LogP contribution in [-0.2, 0) is 4.74 Å². The Morgan fingerprint density at radius 1 is 1.15 bits per heavy atom. The molecule has 0 bridgehead atoms. The van der Waals surface area contributed by atoms with Crippen LogP contribution in [0.5, 0.6) is 0 Å². The van der Waals surface area contributed by atoms with Gasteiger partial charge >= 0.3 is 0 Å². The van der Waals surface area contributed by atoms with E-state index in [1.807, 2.05) is 0 Å². The van der Waals surface area contributed by atoms with Gasteiger partial charge < -0.3 is 10.1 Å². The van der Waals surface area contributed by atoms with E-state index < -0.39 is 17.5 Å². The SMILES string of the molecule is Fc1ccc(NC2=NC3(CCOCC3)CS2)c(F)c1F. The second-order valence-corrected chi connectivity index (χ2v) is 5.85. The molecule has 3 nitrogen and oxygen atoms in total. The summed E-state index contributed by atoms with van der Waals surface area (Å²) in [6, 6.07) is 2.07. The number of benzene rings is 1. The number of nitrogens with one attached hydrogen (secondary N) is 1. The minimum Gasteiger partial charge on any atom is -0.381 e. The molecule has 2 aliphatic heterocycles. The molecule has 108 valence electrons. The summed E-state index contributed by atoms with van der Waals surface area (Å²) in [6.07, 6.45) is 1.65. The Bertz CT molecular complexity index is 559. The summed E-state index contributed by atoms with van der Waals surface area (Å²) < 4.78 is 44.9. The second kappa shape index (κ2) is 5.29. The van der Waals surface area contributed by atoms with E-state index in [-0.39, 0.29) is 11.2 Å². The van der Waals surface area contributed by atoms with Crippen molar-refractivity contribution in [3.05, 3.63) is 29.6 Å².